The van der Waals surface area contributed by atoms with Gasteiger partial charge in [-0.2, -0.15) is 17.9 Å². The summed E-state index contributed by atoms with van der Waals surface area (Å²) < 4.78 is 70.1. The van der Waals surface area contributed by atoms with Crippen LogP contribution in [0.5, 0.6) is 0 Å². The predicted octanol–water partition coefficient (Wildman–Crippen LogP) is 2.83. The summed E-state index contributed by atoms with van der Waals surface area (Å²) in [6.07, 6.45) is -4.92. The van der Waals surface area contributed by atoms with Gasteiger partial charge in [-0.3, -0.25) is 4.79 Å². The third kappa shape index (κ3) is 4.82. The zero-order valence-corrected chi connectivity index (χ0v) is 14.0. The third-order valence-corrected chi connectivity index (χ3v) is 4.67. The number of methoxy groups -OCH3 is 1. The molecule has 0 aliphatic carbocycles. The molecule has 0 saturated heterocycles. The molecule has 0 saturated carbocycles. The summed E-state index contributed by atoms with van der Waals surface area (Å²) >= 11 is 5.51. The van der Waals surface area contributed by atoms with Gasteiger partial charge in [-0.25, -0.2) is 8.42 Å². The number of nitrogens with one attached hydrogen (secondary N) is 1. The van der Waals surface area contributed by atoms with Crippen LogP contribution in [0.25, 0.3) is 0 Å². The van der Waals surface area contributed by atoms with Gasteiger partial charge in [0.25, 0.3) is 0 Å². The molecule has 1 rings (SSSR count). The number of carbonyl (C=O) groups excluding carboxylic acids is 1. The molecule has 0 amide bonds. The molecule has 0 spiro atoms. The fourth-order valence-electron chi connectivity index (χ4n) is 1.77. The van der Waals surface area contributed by atoms with Crippen molar-refractivity contribution >= 4 is 27.6 Å². The first-order chi connectivity index (χ1) is 10.4. The van der Waals surface area contributed by atoms with E-state index in [1.807, 2.05) is 4.72 Å². The lowest BCUT2D eigenvalue weighted by Crippen LogP contribution is -2.45. The van der Waals surface area contributed by atoms with Gasteiger partial charge in [0.15, 0.2) is 0 Å². The van der Waals surface area contributed by atoms with Gasteiger partial charge >= 0.3 is 12.1 Å². The molecule has 1 aromatic carbocycles. The van der Waals surface area contributed by atoms with E-state index in [1.54, 1.807) is 0 Å². The number of hydrogen-bond acceptors (Lipinski definition) is 4. The smallest absolute Gasteiger partial charge is 0.417 e. The van der Waals surface area contributed by atoms with Crippen LogP contribution in [0.2, 0.25) is 5.02 Å². The Hall–Kier alpha value is -1.32. The summed E-state index contributed by atoms with van der Waals surface area (Å²) in [5.74, 6) is -1.43. The van der Waals surface area contributed by atoms with Gasteiger partial charge in [0.1, 0.15) is 6.04 Å². The molecule has 5 nitrogen and oxygen atoms in total. The van der Waals surface area contributed by atoms with E-state index < -0.39 is 44.6 Å². The van der Waals surface area contributed by atoms with E-state index in [1.165, 1.54) is 13.8 Å². The molecule has 23 heavy (non-hydrogen) atoms. The highest BCUT2D eigenvalue weighted by atomic mass is 35.5. The second-order valence-electron chi connectivity index (χ2n) is 5.00. The molecular formula is C13H15ClF3NO4S. The van der Waals surface area contributed by atoms with Crippen LogP contribution in [0.15, 0.2) is 23.1 Å². The van der Waals surface area contributed by atoms with Crippen LogP contribution < -0.4 is 4.72 Å². The van der Waals surface area contributed by atoms with Gasteiger partial charge in [-0.05, 0) is 24.1 Å². The lowest BCUT2D eigenvalue weighted by atomic mass is 10.1. The van der Waals surface area contributed by atoms with Crippen molar-refractivity contribution in [3.63, 3.8) is 0 Å². The van der Waals surface area contributed by atoms with Crippen molar-refractivity contribution in [1.82, 2.24) is 4.72 Å². The summed E-state index contributed by atoms with van der Waals surface area (Å²) in [5, 5.41) is -0.260. The Morgan fingerprint density at radius 2 is 1.87 bits per heavy atom. The average molecular weight is 374 g/mol. The molecule has 0 radical (unpaired) electrons. The number of ether oxygens (including phenoxy) is 1. The molecule has 0 fully saturated rings. The van der Waals surface area contributed by atoms with Crippen molar-refractivity contribution in [3.8, 4) is 0 Å². The zero-order chi connectivity index (χ0) is 18.0. The Morgan fingerprint density at radius 1 is 1.30 bits per heavy atom. The number of benzene rings is 1. The summed E-state index contributed by atoms with van der Waals surface area (Å²) in [6.45, 7) is 3.05. The maximum atomic E-state index is 13.0. The Labute approximate surface area is 136 Å². The Morgan fingerprint density at radius 3 is 2.30 bits per heavy atom. The van der Waals surface area contributed by atoms with Crippen LogP contribution in [0.1, 0.15) is 19.4 Å². The van der Waals surface area contributed by atoms with Gasteiger partial charge in [-0.1, -0.05) is 25.4 Å². The van der Waals surface area contributed by atoms with Crippen molar-refractivity contribution in [2.24, 2.45) is 5.92 Å². The summed E-state index contributed by atoms with van der Waals surface area (Å²) in [4.78, 5) is 10.6. The highest BCUT2D eigenvalue weighted by Crippen LogP contribution is 2.36. The number of hydrogen-bond donors (Lipinski definition) is 1. The minimum Gasteiger partial charge on any atom is -0.468 e. The Bertz CT molecular complexity index is 689. The van der Waals surface area contributed by atoms with Gasteiger partial charge in [0, 0.05) is 5.02 Å². The lowest BCUT2D eigenvalue weighted by Gasteiger charge is -2.21. The molecule has 1 aromatic rings. The van der Waals surface area contributed by atoms with E-state index in [0.29, 0.717) is 6.07 Å². The first-order valence-electron chi connectivity index (χ1n) is 6.37. The fraction of sp³-hybridized carbons (Fsp3) is 0.462. The lowest BCUT2D eigenvalue weighted by molar-refractivity contribution is -0.143. The first kappa shape index (κ1) is 19.7. The Kier molecular flexibility index (Phi) is 6.06. The largest absolute Gasteiger partial charge is 0.468 e. The summed E-state index contributed by atoms with van der Waals surface area (Å²) in [6, 6.07) is 0.955. The van der Waals surface area contributed by atoms with Crippen molar-refractivity contribution < 1.29 is 31.1 Å². The topological polar surface area (TPSA) is 72.5 Å². The normalized spacial score (nSPS) is 13.9. The monoisotopic (exact) mass is 373 g/mol. The third-order valence-electron chi connectivity index (χ3n) is 2.94. The molecule has 0 bridgehead atoms. The first-order valence-corrected chi connectivity index (χ1v) is 8.23. The van der Waals surface area contributed by atoms with Crippen molar-refractivity contribution in [3.05, 3.63) is 28.8 Å². The quantitative estimate of drug-likeness (QED) is 0.805. The van der Waals surface area contributed by atoms with Crippen molar-refractivity contribution in [1.29, 1.82) is 0 Å². The number of halogens is 4. The SMILES string of the molecule is COC(=O)C(NS(=O)(=O)c1ccc(Cl)cc1C(F)(F)F)C(C)C. The van der Waals surface area contributed by atoms with Crippen LogP contribution >= 0.6 is 11.6 Å². The highest BCUT2D eigenvalue weighted by Gasteiger charge is 2.39. The maximum Gasteiger partial charge on any atom is 0.417 e. The van der Waals surface area contributed by atoms with E-state index >= 15 is 0 Å². The van der Waals surface area contributed by atoms with Crippen LogP contribution in [-0.2, 0) is 25.7 Å². The molecule has 0 aliphatic heterocycles. The average Bonchev–Trinajstić information content (AvgIpc) is 2.42. The standard InChI is InChI=1S/C13H15ClF3NO4S/c1-7(2)11(12(19)22-3)18-23(20,21)10-5-4-8(14)6-9(10)13(15,16)17/h4-7,11,18H,1-3H3. The predicted molar refractivity (Wildman–Crippen MR) is 77.4 cm³/mol. The molecule has 130 valence electrons. The van der Waals surface area contributed by atoms with Crippen LogP contribution in [0, 0.1) is 5.92 Å². The van der Waals surface area contributed by atoms with E-state index in [9.17, 15) is 26.4 Å². The molecule has 1 atom stereocenters. The fourth-order valence-corrected chi connectivity index (χ4v) is 3.49. The number of sulfonamides is 1. The number of rotatable bonds is 5. The summed E-state index contributed by atoms with van der Waals surface area (Å²) in [5.41, 5.74) is -1.41. The highest BCUT2D eigenvalue weighted by molar-refractivity contribution is 7.89. The molecule has 0 aliphatic rings. The minimum absolute atomic E-state index is 0.260. The van der Waals surface area contributed by atoms with Crippen molar-refractivity contribution in [2.75, 3.05) is 7.11 Å². The summed E-state index contributed by atoms with van der Waals surface area (Å²) in [7, 11) is -3.57. The molecule has 1 N–H and O–H groups in total. The maximum absolute atomic E-state index is 13.0. The second-order valence-corrected chi connectivity index (χ2v) is 7.12. The second kappa shape index (κ2) is 7.06. The molecule has 0 aromatic heterocycles. The van der Waals surface area contributed by atoms with E-state index in [-0.39, 0.29) is 5.02 Å². The van der Waals surface area contributed by atoms with Gasteiger partial charge in [0.05, 0.1) is 17.6 Å². The van der Waals surface area contributed by atoms with E-state index in [0.717, 1.165) is 19.2 Å². The van der Waals surface area contributed by atoms with Crippen LogP contribution in [0.3, 0.4) is 0 Å². The molecular weight excluding hydrogens is 359 g/mol. The van der Waals surface area contributed by atoms with Crippen LogP contribution in [-0.4, -0.2) is 27.5 Å². The number of alkyl halides is 3. The van der Waals surface area contributed by atoms with Gasteiger partial charge < -0.3 is 4.74 Å². The minimum atomic E-state index is -4.92. The number of esters is 1. The molecule has 10 heteroatoms. The van der Waals surface area contributed by atoms with Crippen molar-refractivity contribution in [2.45, 2.75) is 31.0 Å². The van der Waals surface area contributed by atoms with E-state index in [2.05, 4.69) is 4.74 Å². The number of carbonyl (C=O) groups is 1. The Balaban J connectivity index is 3.37. The zero-order valence-electron chi connectivity index (χ0n) is 12.4. The molecule has 1 unspecified atom stereocenters. The molecule has 0 heterocycles. The van der Waals surface area contributed by atoms with E-state index in [4.69, 9.17) is 11.6 Å². The van der Waals surface area contributed by atoms with Gasteiger partial charge in [-0.15, -0.1) is 0 Å². The van der Waals surface area contributed by atoms with Crippen LogP contribution in [0.4, 0.5) is 13.2 Å². The van der Waals surface area contributed by atoms with Gasteiger partial charge in [0.2, 0.25) is 10.0 Å².